The van der Waals surface area contributed by atoms with Crippen molar-refractivity contribution in [2.45, 2.75) is 6.42 Å². The molecule has 0 aromatic carbocycles. The minimum absolute atomic E-state index is 0.279. The summed E-state index contributed by atoms with van der Waals surface area (Å²) in [6.45, 7) is 0. The van der Waals surface area contributed by atoms with Crippen LogP contribution in [-0.4, -0.2) is 10.9 Å². The van der Waals surface area contributed by atoms with Gasteiger partial charge >= 0.3 is 0 Å². The number of nitrogens with zero attached hydrogens (tertiary/aromatic N) is 1. The van der Waals surface area contributed by atoms with Gasteiger partial charge in [-0.25, -0.2) is 4.98 Å². The number of hydrogen-bond acceptors (Lipinski definition) is 3. The zero-order chi connectivity index (χ0) is 6.69. The van der Waals surface area contributed by atoms with Crippen LogP contribution in [0.2, 0.25) is 0 Å². The molecule has 1 aromatic rings. The van der Waals surface area contributed by atoms with E-state index >= 15 is 0 Å². The van der Waals surface area contributed by atoms with Crippen LogP contribution in [0.5, 0.6) is 0 Å². The normalized spacial score (nSPS) is 9.33. The average molecular weight is 141 g/mol. The quantitative estimate of drug-likeness (QED) is 0.628. The second kappa shape index (κ2) is 2.59. The van der Waals surface area contributed by atoms with Gasteiger partial charge in [0.25, 0.3) is 0 Å². The minimum atomic E-state index is -0.326. The molecule has 1 radical (unpaired) electrons. The van der Waals surface area contributed by atoms with Crippen molar-refractivity contribution in [1.29, 1.82) is 0 Å². The molecule has 0 spiro atoms. The first-order chi connectivity index (χ1) is 4.29. The molecular weight excluding hydrogens is 136 g/mol. The van der Waals surface area contributed by atoms with Gasteiger partial charge in [0.2, 0.25) is 5.91 Å². The van der Waals surface area contributed by atoms with E-state index in [1.165, 1.54) is 11.3 Å². The molecule has 47 valence electrons. The first-order valence-electron chi connectivity index (χ1n) is 2.38. The Kier molecular flexibility index (Phi) is 1.79. The van der Waals surface area contributed by atoms with Gasteiger partial charge in [-0.3, -0.25) is 4.79 Å². The third kappa shape index (κ3) is 1.81. The zero-order valence-electron chi connectivity index (χ0n) is 4.63. The highest BCUT2D eigenvalue weighted by atomic mass is 32.1. The highest BCUT2D eigenvalue weighted by Gasteiger charge is 1.97. The molecule has 0 aliphatic rings. The van der Waals surface area contributed by atoms with Gasteiger partial charge < -0.3 is 5.73 Å². The first-order valence-corrected chi connectivity index (χ1v) is 3.20. The summed E-state index contributed by atoms with van der Waals surface area (Å²) in [5, 5.41) is 0. The van der Waals surface area contributed by atoms with E-state index in [0.717, 1.165) is 4.88 Å². The lowest BCUT2D eigenvalue weighted by Gasteiger charge is -1.85. The predicted octanol–water partition coefficient (Wildman–Crippen LogP) is -0.0289. The van der Waals surface area contributed by atoms with E-state index in [0.29, 0.717) is 0 Å². The first kappa shape index (κ1) is 6.22. The van der Waals surface area contributed by atoms with Crippen molar-refractivity contribution in [2.75, 3.05) is 0 Å². The fourth-order valence-corrected chi connectivity index (χ4v) is 1.01. The van der Waals surface area contributed by atoms with Crippen LogP contribution in [0.4, 0.5) is 0 Å². The van der Waals surface area contributed by atoms with Crippen molar-refractivity contribution in [3.63, 3.8) is 0 Å². The number of hydrogen-bond donors (Lipinski definition) is 1. The molecule has 2 N–H and O–H groups in total. The molecule has 4 heteroatoms. The summed E-state index contributed by atoms with van der Waals surface area (Å²) in [5.41, 5.74) is 7.53. The maximum Gasteiger partial charge on any atom is 0.222 e. The van der Waals surface area contributed by atoms with Crippen molar-refractivity contribution < 1.29 is 4.79 Å². The molecule has 0 atom stereocenters. The summed E-state index contributed by atoms with van der Waals surface area (Å²) in [7, 11) is 0. The van der Waals surface area contributed by atoms with Crippen LogP contribution in [0.25, 0.3) is 0 Å². The van der Waals surface area contributed by atoms with Crippen LogP contribution in [0.3, 0.4) is 0 Å². The molecule has 0 aliphatic carbocycles. The average Bonchev–Trinajstić information content (AvgIpc) is 2.15. The Morgan fingerprint density at radius 3 is 3.22 bits per heavy atom. The smallest absolute Gasteiger partial charge is 0.222 e. The maximum atomic E-state index is 10.3. The lowest BCUT2D eigenvalue weighted by atomic mass is 10.4. The number of aromatic nitrogens is 1. The highest BCUT2D eigenvalue weighted by molar-refractivity contribution is 7.09. The Bertz CT molecular complexity index is 195. The van der Waals surface area contributed by atoms with Gasteiger partial charge in [-0.1, -0.05) is 0 Å². The van der Waals surface area contributed by atoms with E-state index < -0.39 is 0 Å². The van der Waals surface area contributed by atoms with Crippen molar-refractivity contribution in [1.82, 2.24) is 4.98 Å². The molecule has 1 amide bonds. The number of amides is 1. The summed E-state index contributed by atoms with van der Waals surface area (Å²) >= 11 is 1.31. The minimum Gasteiger partial charge on any atom is -0.369 e. The molecule has 1 heterocycles. The Balaban J connectivity index is 2.58. The van der Waals surface area contributed by atoms with E-state index in [4.69, 9.17) is 5.73 Å². The largest absolute Gasteiger partial charge is 0.369 e. The number of nitrogens with two attached hydrogens (primary N) is 1. The fraction of sp³-hybridized carbons (Fsp3) is 0.200. The number of thiazole rings is 1. The van der Waals surface area contributed by atoms with Gasteiger partial charge in [0.05, 0.1) is 6.42 Å². The predicted molar refractivity (Wildman–Crippen MR) is 33.8 cm³/mol. The van der Waals surface area contributed by atoms with Crippen molar-refractivity contribution in [3.05, 3.63) is 16.6 Å². The molecular formula is C5H5N2OS. The zero-order valence-corrected chi connectivity index (χ0v) is 5.44. The molecule has 1 aromatic heterocycles. The number of primary amides is 1. The van der Waals surface area contributed by atoms with Crippen LogP contribution in [-0.2, 0) is 11.2 Å². The van der Waals surface area contributed by atoms with E-state index in [9.17, 15) is 4.79 Å². The second-order valence-electron chi connectivity index (χ2n) is 1.56. The monoisotopic (exact) mass is 141 g/mol. The molecule has 0 fully saturated rings. The summed E-state index contributed by atoms with van der Waals surface area (Å²) in [6, 6.07) is 0. The number of carbonyl (C=O) groups is 1. The number of rotatable bonds is 2. The molecule has 9 heavy (non-hydrogen) atoms. The van der Waals surface area contributed by atoms with Crippen molar-refractivity contribution in [2.24, 2.45) is 5.73 Å². The summed E-state index contributed by atoms with van der Waals surface area (Å²) in [4.78, 5) is 14.8. The van der Waals surface area contributed by atoms with Gasteiger partial charge in [-0.15, -0.1) is 11.3 Å². The molecule has 0 bridgehead atoms. The van der Waals surface area contributed by atoms with Crippen LogP contribution < -0.4 is 5.73 Å². The van der Waals surface area contributed by atoms with Crippen molar-refractivity contribution >= 4 is 17.2 Å². The van der Waals surface area contributed by atoms with Gasteiger partial charge in [0.1, 0.15) is 0 Å². The Labute approximate surface area is 56.5 Å². The molecule has 0 saturated carbocycles. The third-order valence-corrected chi connectivity index (χ3v) is 1.50. The fourth-order valence-electron chi connectivity index (χ4n) is 0.463. The van der Waals surface area contributed by atoms with Gasteiger partial charge in [-0.2, -0.15) is 0 Å². The lowest BCUT2D eigenvalue weighted by Crippen LogP contribution is -2.12. The molecule has 3 nitrogen and oxygen atoms in total. The molecule has 0 saturated heterocycles. The van der Waals surface area contributed by atoms with Gasteiger partial charge in [0.15, 0.2) is 5.51 Å². The van der Waals surface area contributed by atoms with Crippen molar-refractivity contribution in [3.8, 4) is 0 Å². The van der Waals surface area contributed by atoms with Crippen LogP contribution in [0.15, 0.2) is 6.20 Å². The molecule has 1 rings (SSSR count). The van der Waals surface area contributed by atoms with Crippen LogP contribution >= 0.6 is 11.3 Å². The second-order valence-corrected chi connectivity index (χ2v) is 2.47. The van der Waals surface area contributed by atoms with Crippen LogP contribution in [0.1, 0.15) is 4.88 Å². The summed E-state index contributed by atoms with van der Waals surface area (Å²) < 4.78 is 0. The van der Waals surface area contributed by atoms with Gasteiger partial charge in [-0.05, 0) is 0 Å². The van der Waals surface area contributed by atoms with Crippen LogP contribution in [0, 0.1) is 5.51 Å². The lowest BCUT2D eigenvalue weighted by molar-refractivity contribution is -0.117. The Hall–Kier alpha value is -0.900. The third-order valence-electron chi connectivity index (χ3n) is 0.786. The number of carbonyl (C=O) groups excluding carboxylic acids is 1. The molecule has 0 unspecified atom stereocenters. The maximum absolute atomic E-state index is 10.3. The Morgan fingerprint density at radius 1 is 2.00 bits per heavy atom. The van der Waals surface area contributed by atoms with E-state index in [1.54, 1.807) is 6.20 Å². The topological polar surface area (TPSA) is 56.0 Å². The van der Waals surface area contributed by atoms with E-state index in [1.807, 2.05) is 0 Å². The Morgan fingerprint density at radius 2 is 2.78 bits per heavy atom. The summed E-state index contributed by atoms with van der Waals surface area (Å²) in [6.07, 6.45) is 1.87. The summed E-state index contributed by atoms with van der Waals surface area (Å²) in [5.74, 6) is -0.326. The van der Waals surface area contributed by atoms with Gasteiger partial charge in [0, 0.05) is 11.1 Å². The SMILES string of the molecule is NC(=O)Cc1cn[c]s1. The van der Waals surface area contributed by atoms with E-state index in [2.05, 4.69) is 10.5 Å². The standard InChI is InChI=1S/C5H5N2OS/c6-5(8)1-4-2-7-3-9-4/h2H,1H2,(H2,6,8). The van der Waals surface area contributed by atoms with E-state index in [-0.39, 0.29) is 12.3 Å². The molecule has 0 aliphatic heterocycles. The highest BCUT2D eigenvalue weighted by Crippen LogP contribution is 2.03.